The molecule has 0 spiro atoms. The van der Waals surface area contributed by atoms with Crippen LogP contribution in [0.1, 0.15) is 40.0 Å². The summed E-state index contributed by atoms with van der Waals surface area (Å²) in [7, 11) is 0. The Morgan fingerprint density at radius 3 is 2.69 bits per heavy atom. The number of hydrogen-bond donors (Lipinski definition) is 2. The molecule has 2 saturated carbocycles. The van der Waals surface area contributed by atoms with Crippen LogP contribution >= 0.6 is 0 Å². The molecule has 0 aliphatic heterocycles. The van der Waals surface area contributed by atoms with Crippen LogP contribution in [-0.4, -0.2) is 34.5 Å². The summed E-state index contributed by atoms with van der Waals surface area (Å²) in [4.78, 5) is 24.3. The summed E-state index contributed by atoms with van der Waals surface area (Å²) >= 11 is 0. The van der Waals surface area contributed by atoms with E-state index >= 15 is 0 Å². The second-order valence-electron chi connectivity index (χ2n) is 9.19. The van der Waals surface area contributed by atoms with Crippen LogP contribution in [0.3, 0.4) is 0 Å². The maximum atomic E-state index is 12.5. The minimum Gasteiger partial charge on any atom is -0.389 e. The zero-order valence-corrected chi connectivity index (χ0v) is 15.7. The fraction of sp³-hybridized carbons (Fsp3) is 0.636. The van der Waals surface area contributed by atoms with Gasteiger partial charge < -0.3 is 10.2 Å². The third-order valence-electron chi connectivity index (χ3n) is 7.82. The fourth-order valence-corrected chi connectivity index (χ4v) is 6.73. The largest absolute Gasteiger partial charge is 0.389 e. The maximum absolute atomic E-state index is 12.5. The van der Waals surface area contributed by atoms with E-state index < -0.39 is 18.1 Å². The zero-order chi connectivity index (χ0) is 18.9. The van der Waals surface area contributed by atoms with Gasteiger partial charge in [-0.15, -0.1) is 0 Å². The Morgan fingerprint density at radius 1 is 1.27 bits per heavy atom. The predicted molar refractivity (Wildman–Crippen MR) is 98.1 cm³/mol. The van der Waals surface area contributed by atoms with Crippen LogP contribution in [0, 0.1) is 34.5 Å². The topological polar surface area (TPSA) is 74.6 Å². The molecule has 4 nitrogen and oxygen atoms in total. The van der Waals surface area contributed by atoms with Crippen molar-refractivity contribution in [3.8, 4) is 0 Å². The van der Waals surface area contributed by atoms with E-state index in [0.717, 1.165) is 18.4 Å². The molecular weight excluding hydrogens is 328 g/mol. The third-order valence-corrected chi connectivity index (χ3v) is 7.82. The van der Waals surface area contributed by atoms with Crippen LogP contribution in [0.2, 0.25) is 0 Å². The first-order valence-corrected chi connectivity index (χ1v) is 9.70. The maximum Gasteiger partial charge on any atom is 0.178 e. The number of allylic oxidation sites excluding steroid dienone is 5. The number of ketones is 2. The number of Topliss-reactive ketones (excluding diaryl/α,β-unsaturated/α-hetero) is 1. The average molecular weight is 356 g/mol. The Bertz CT molecular complexity index is 760. The lowest BCUT2D eigenvalue weighted by molar-refractivity contribution is -0.131. The summed E-state index contributed by atoms with van der Waals surface area (Å²) in [6.45, 7) is 6.01. The molecule has 4 rings (SSSR count). The van der Waals surface area contributed by atoms with Gasteiger partial charge in [0.2, 0.25) is 0 Å². The predicted octanol–water partition coefficient (Wildman–Crippen LogP) is 2.61. The second kappa shape index (κ2) is 5.74. The lowest BCUT2D eigenvalue weighted by Gasteiger charge is -2.53. The summed E-state index contributed by atoms with van der Waals surface area (Å²) in [5.41, 5.74) is 1.54. The molecule has 0 amide bonds. The third kappa shape index (κ3) is 2.21. The Kier molecular flexibility index (Phi) is 3.94. The Labute approximate surface area is 154 Å². The highest BCUT2D eigenvalue weighted by Gasteiger charge is 2.60. The highest BCUT2D eigenvalue weighted by Crippen LogP contribution is 2.65. The first-order chi connectivity index (χ1) is 12.2. The molecule has 0 bridgehead atoms. The van der Waals surface area contributed by atoms with Gasteiger partial charge in [-0.25, -0.2) is 0 Å². The van der Waals surface area contributed by atoms with Crippen LogP contribution < -0.4 is 0 Å². The van der Waals surface area contributed by atoms with Gasteiger partial charge in [0.15, 0.2) is 11.6 Å². The molecule has 0 aromatic rings. The van der Waals surface area contributed by atoms with Crippen molar-refractivity contribution in [2.24, 2.45) is 34.5 Å². The number of aliphatic hydroxyl groups excluding tert-OH is 2. The van der Waals surface area contributed by atoms with E-state index in [1.54, 1.807) is 12.2 Å². The van der Waals surface area contributed by atoms with Crippen molar-refractivity contribution in [2.45, 2.75) is 46.1 Å². The smallest absolute Gasteiger partial charge is 0.178 e. The zero-order valence-electron chi connectivity index (χ0n) is 15.7. The summed E-state index contributed by atoms with van der Waals surface area (Å²) in [6.07, 6.45) is 9.17. The molecule has 2 N–H and O–H groups in total. The minimum atomic E-state index is -0.624. The van der Waals surface area contributed by atoms with Gasteiger partial charge in [-0.2, -0.15) is 0 Å². The van der Waals surface area contributed by atoms with E-state index in [-0.39, 0.29) is 34.7 Å². The molecule has 0 heterocycles. The quantitative estimate of drug-likeness (QED) is 0.746. The van der Waals surface area contributed by atoms with Crippen molar-refractivity contribution in [3.05, 3.63) is 35.5 Å². The Balaban J connectivity index is 1.78. The highest BCUT2D eigenvalue weighted by molar-refractivity contribution is 6.01. The van der Waals surface area contributed by atoms with E-state index in [9.17, 15) is 19.8 Å². The number of aliphatic hydroxyl groups is 2. The monoisotopic (exact) mass is 356 g/mol. The summed E-state index contributed by atoms with van der Waals surface area (Å²) in [5.74, 6) is 0.535. The molecular formula is C22H28O4. The van der Waals surface area contributed by atoms with Gasteiger partial charge in [0.25, 0.3) is 0 Å². The van der Waals surface area contributed by atoms with Gasteiger partial charge in [-0.05, 0) is 67.1 Å². The van der Waals surface area contributed by atoms with Gasteiger partial charge in [0.05, 0.1) is 6.10 Å². The van der Waals surface area contributed by atoms with Crippen molar-refractivity contribution >= 4 is 11.6 Å². The molecule has 4 aliphatic rings. The second-order valence-corrected chi connectivity index (χ2v) is 9.19. The van der Waals surface area contributed by atoms with Gasteiger partial charge in [0, 0.05) is 11.3 Å². The van der Waals surface area contributed by atoms with E-state index in [0.29, 0.717) is 12.3 Å². The van der Waals surface area contributed by atoms with Crippen LogP contribution in [0.15, 0.2) is 35.5 Å². The van der Waals surface area contributed by atoms with Crippen molar-refractivity contribution in [2.75, 3.05) is 6.61 Å². The Hall–Kier alpha value is -1.52. The standard InChI is InChI=1S/C22H28O4/c1-12-8-16-14-10-18(25)17-9-13(24)4-6-21(17,2)15(14)5-7-22(16,3)20(12)19(26)11-23/h4-6,9,12,14,16,18,20,23,25H,7-8,10-11H2,1-3H3/t12-,14-,16+,18+,20-,21-,22+/m1/s1. The number of carbonyl (C=O) groups is 2. The van der Waals surface area contributed by atoms with Crippen LogP contribution in [-0.2, 0) is 9.59 Å². The molecule has 140 valence electrons. The molecule has 26 heavy (non-hydrogen) atoms. The van der Waals surface area contributed by atoms with E-state index in [4.69, 9.17) is 0 Å². The molecule has 0 unspecified atom stereocenters. The lowest BCUT2D eigenvalue weighted by Crippen LogP contribution is -2.48. The van der Waals surface area contributed by atoms with E-state index in [2.05, 4.69) is 26.8 Å². The van der Waals surface area contributed by atoms with Crippen LogP contribution in [0.5, 0.6) is 0 Å². The van der Waals surface area contributed by atoms with Gasteiger partial charge in [-0.3, -0.25) is 9.59 Å². The van der Waals surface area contributed by atoms with Crippen molar-refractivity contribution in [1.29, 1.82) is 0 Å². The first-order valence-electron chi connectivity index (χ1n) is 9.70. The molecule has 7 atom stereocenters. The van der Waals surface area contributed by atoms with Crippen molar-refractivity contribution in [1.82, 2.24) is 0 Å². The summed E-state index contributed by atoms with van der Waals surface area (Å²) < 4.78 is 0. The van der Waals surface area contributed by atoms with Crippen molar-refractivity contribution < 1.29 is 19.8 Å². The number of rotatable bonds is 2. The fourth-order valence-electron chi connectivity index (χ4n) is 6.73. The molecule has 0 aromatic carbocycles. The molecule has 4 heteroatoms. The van der Waals surface area contributed by atoms with Gasteiger partial charge >= 0.3 is 0 Å². The summed E-state index contributed by atoms with van der Waals surface area (Å²) in [5, 5.41) is 20.3. The summed E-state index contributed by atoms with van der Waals surface area (Å²) in [6, 6.07) is 0. The molecule has 2 fully saturated rings. The van der Waals surface area contributed by atoms with Gasteiger partial charge in [0.1, 0.15) is 6.61 Å². The lowest BCUT2D eigenvalue weighted by atomic mass is 9.51. The molecule has 4 aliphatic carbocycles. The minimum absolute atomic E-state index is 0.0503. The van der Waals surface area contributed by atoms with E-state index in [1.165, 1.54) is 5.57 Å². The molecule has 0 radical (unpaired) electrons. The Morgan fingerprint density at radius 2 is 2.00 bits per heavy atom. The number of hydrogen-bond acceptors (Lipinski definition) is 4. The van der Waals surface area contributed by atoms with E-state index in [1.807, 2.05) is 6.08 Å². The van der Waals surface area contributed by atoms with Gasteiger partial charge in [-0.1, -0.05) is 31.6 Å². The first kappa shape index (κ1) is 17.9. The SMILES string of the molecule is C[C@@H]1C[C@H]2[C@@H]3C[C@H](O)C4=CC(=O)C=C[C@]4(C)C3=CC[C@]2(C)[C@H]1C(=O)CO. The molecule has 0 aromatic heterocycles. The average Bonchev–Trinajstić information content (AvgIpc) is 2.86. The normalized spacial score (nSPS) is 46.8. The number of carbonyl (C=O) groups excluding carboxylic acids is 2. The van der Waals surface area contributed by atoms with Crippen LogP contribution in [0.4, 0.5) is 0 Å². The van der Waals surface area contributed by atoms with Crippen LogP contribution in [0.25, 0.3) is 0 Å². The molecule has 0 saturated heterocycles. The highest BCUT2D eigenvalue weighted by atomic mass is 16.3. The van der Waals surface area contributed by atoms with Crippen molar-refractivity contribution in [3.63, 3.8) is 0 Å². The number of fused-ring (bicyclic) bond motifs is 5.